The molecule has 2 N–H and O–H groups in total. The summed E-state index contributed by atoms with van der Waals surface area (Å²) in [7, 11) is 5.09. The van der Waals surface area contributed by atoms with Crippen LogP contribution < -0.4 is 5.32 Å². The van der Waals surface area contributed by atoms with Crippen LogP contribution in [0.1, 0.15) is 12.8 Å². The summed E-state index contributed by atoms with van der Waals surface area (Å²) >= 11 is 0. The first-order chi connectivity index (χ1) is 7.11. The molecule has 15 heavy (non-hydrogen) atoms. The van der Waals surface area contributed by atoms with Crippen molar-refractivity contribution < 1.29 is 14.6 Å². The van der Waals surface area contributed by atoms with Crippen molar-refractivity contribution in [3.05, 3.63) is 0 Å². The standard InChI is InChI=1S/C10H22N2O3/c1-12(2)10(14)5-4-6-11-9(7-13)8-15-3/h9,11,13H,4-8H2,1-3H3. The fourth-order valence-electron chi connectivity index (χ4n) is 1.15. The lowest BCUT2D eigenvalue weighted by atomic mass is 10.2. The number of hydrogen-bond donors (Lipinski definition) is 2. The maximum Gasteiger partial charge on any atom is 0.222 e. The minimum absolute atomic E-state index is 0.0375. The Balaban J connectivity index is 3.47. The van der Waals surface area contributed by atoms with Crippen molar-refractivity contribution in [2.24, 2.45) is 0 Å². The van der Waals surface area contributed by atoms with Gasteiger partial charge in [0, 0.05) is 27.6 Å². The van der Waals surface area contributed by atoms with Crippen molar-refractivity contribution in [1.29, 1.82) is 0 Å². The number of ether oxygens (including phenoxy) is 1. The van der Waals surface area contributed by atoms with Crippen molar-refractivity contribution in [3.63, 3.8) is 0 Å². The van der Waals surface area contributed by atoms with Gasteiger partial charge in [-0.3, -0.25) is 4.79 Å². The van der Waals surface area contributed by atoms with Crippen LogP contribution in [0, 0.1) is 0 Å². The van der Waals surface area contributed by atoms with E-state index in [2.05, 4.69) is 5.32 Å². The minimum Gasteiger partial charge on any atom is -0.395 e. The molecule has 1 atom stereocenters. The third-order valence-electron chi connectivity index (χ3n) is 2.09. The minimum atomic E-state index is -0.0375. The first-order valence-corrected chi connectivity index (χ1v) is 5.15. The van der Waals surface area contributed by atoms with Crippen LogP contribution in [0.5, 0.6) is 0 Å². The van der Waals surface area contributed by atoms with E-state index in [9.17, 15) is 4.79 Å². The van der Waals surface area contributed by atoms with E-state index in [4.69, 9.17) is 9.84 Å². The third-order valence-corrected chi connectivity index (χ3v) is 2.09. The number of rotatable bonds is 8. The molecule has 0 aromatic rings. The fourth-order valence-corrected chi connectivity index (χ4v) is 1.15. The molecule has 0 aliphatic rings. The van der Waals surface area contributed by atoms with Crippen LogP contribution in [0.4, 0.5) is 0 Å². The average Bonchev–Trinajstić information content (AvgIpc) is 2.22. The Hall–Kier alpha value is -0.650. The van der Waals surface area contributed by atoms with Crippen LogP contribution in [0.25, 0.3) is 0 Å². The maximum absolute atomic E-state index is 11.2. The molecular weight excluding hydrogens is 196 g/mol. The molecule has 0 saturated heterocycles. The molecule has 0 aliphatic heterocycles. The maximum atomic E-state index is 11.2. The highest BCUT2D eigenvalue weighted by Gasteiger charge is 2.06. The van der Waals surface area contributed by atoms with Gasteiger partial charge in [-0.1, -0.05) is 0 Å². The second-order valence-electron chi connectivity index (χ2n) is 3.68. The average molecular weight is 218 g/mol. The molecule has 0 aromatic heterocycles. The first kappa shape index (κ1) is 14.3. The Labute approximate surface area is 91.4 Å². The smallest absolute Gasteiger partial charge is 0.222 e. The van der Waals surface area contributed by atoms with Gasteiger partial charge in [0.15, 0.2) is 0 Å². The fraction of sp³-hybridized carbons (Fsp3) is 0.900. The molecule has 0 spiro atoms. The number of aliphatic hydroxyl groups excluding tert-OH is 1. The number of nitrogens with zero attached hydrogens (tertiary/aromatic N) is 1. The number of hydrogen-bond acceptors (Lipinski definition) is 4. The lowest BCUT2D eigenvalue weighted by Crippen LogP contribution is -2.37. The Morgan fingerprint density at radius 3 is 2.67 bits per heavy atom. The number of amides is 1. The molecule has 5 nitrogen and oxygen atoms in total. The van der Waals surface area contributed by atoms with Crippen LogP contribution in [-0.4, -0.2) is 62.9 Å². The molecule has 0 saturated carbocycles. The van der Waals surface area contributed by atoms with Gasteiger partial charge in [-0.25, -0.2) is 0 Å². The van der Waals surface area contributed by atoms with E-state index < -0.39 is 0 Å². The van der Waals surface area contributed by atoms with Crippen LogP contribution in [0.3, 0.4) is 0 Å². The number of nitrogens with one attached hydrogen (secondary N) is 1. The molecule has 0 rings (SSSR count). The molecule has 0 fully saturated rings. The highest BCUT2D eigenvalue weighted by atomic mass is 16.5. The van der Waals surface area contributed by atoms with E-state index >= 15 is 0 Å². The Morgan fingerprint density at radius 2 is 2.20 bits per heavy atom. The Bertz CT molecular complexity index is 174. The molecule has 90 valence electrons. The first-order valence-electron chi connectivity index (χ1n) is 5.15. The Kier molecular flexibility index (Phi) is 8.27. The molecule has 0 heterocycles. The zero-order valence-corrected chi connectivity index (χ0v) is 9.82. The number of carbonyl (C=O) groups excluding carboxylic acids is 1. The van der Waals surface area contributed by atoms with E-state index in [1.54, 1.807) is 26.1 Å². The number of methoxy groups -OCH3 is 1. The normalized spacial score (nSPS) is 12.5. The second-order valence-corrected chi connectivity index (χ2v) is 3.68. The SMILES string of the molecule is COCC(CO)NCCCC(=O)N(C)C. The lowest BCUT2D eigenvalue weighted by molar-refractivity contribution is -0.128. The third kappa shape index (κ3) is 7.30. The van der Waals surface area contributed by atoms with Gasteiger partial charge in [-0.2, -0.15) is 0 Å². The van der Waals surface area contributed by atoms with Crippen molar-refractivity contribution >= 4 is 5.91 Å². The summed E-state index contributed by atoms with van der Waals surface area (Å²) < 4.78 is 4.91. The van der Waals surface area contributed by atoms with Crippen molar-refractivity contribution in [3.8, 4) is 0 Å². The molecule has 0 aliphatic carbocycles. The van der Waals surface area contributed by atoms with Gasteiger partial charge in [0.05, 0.1) is 19.3 Å². The number of aliphatic hydroxyl groups is 1. The van der Waals surface area contributed by atoms with Gasteiger partial charge < -0.3 is 20.1 Å². The van der Waals surface area contributed by atoms with Crippen LogP contribution in [0.15, 0.2) is 0 Å². The number of carbonyl (C=O) groups is 1. The van der Waals surface area contributed by atoms with Gasteiger partial charge in [0.1, 0.15) is 0 Å². The molecule has 0 bridgehead atoms. The van der Waals surface area contributed by atoms with E-state index in [1.165, 1.54) is 0 Å². The molecule has 0 radical (unpaired) electrons. The highest BCUT2D eigenvalue weighted by Crippen LogP contribution is 1.93. The zero-order valence-electron chi connectivity index (χ0n) is 9.82. The quantitative estimate of drug-likeness (QED) is 0.537. The zero-order chi connectivity index (χ0) is 11.7. The van der Waals surface area contributed by atoms with E-state index in [-0.39, 0.29) is 18.6 Å². The predicted molar refractivity (Wildman–Crippen MR) is 58.7 cm³/mol. The van der Waals surface area contributed by atoms with Crippen molar-refractivity contribution in [2.75, 3.05) is 41.0 Å². The monoisotopic (exact) mass is 218 g/mol. The molecule has 1 unspecified atom stereocenters. The van der Waals surface area contributed by atoms with Crippen LogP contribution >= 0.6 is 0 Å². The summed E-state index contributed by atoms with van der Waals surface area (Å²) in [4.78, 5) is 12.8. The van der Waals surface area contributed by atoms with Gasteiger partial charge in [0.25, 0.3) is 0 Å². The Morgan fingerprint density at radius 1 is 1.53 bits per heavy atom. The van der Waals surface area contributed by atoms with Gasteiger partial charge in [-0.05, 0) is 13.0 Å². The van der Waals surface area contributed by atoms with Gasteiger partial charge in [0.2, 0.25) is 5.91 Å². The summed E-state index contributed by atoms with van der Waals surface area (Å²) in [6.07, 6.45) is 1.31. The van der Waals surface area contributed by atoms with Gasteiger partial charge in [-0.15, -0.1) is 0 Å². The van der Waals surface area contributed by atoms with E-state index in [0.29, 0.717) is 19.6 Å². The highest BCUT2D eigenvalue weighted by molar-refractivity contribution is 5.75. The summed E-state index contributed by atoms with van der Waals surface area (Å²) in [6.45, 7) is 1.25. The molecule has 5 heteroatoms. The van der Waals surface area contributed by atoms with Gasteiger partial charge >= 0.3 is 0 Å². The van der Waals surface area contributed by atoms with Crippen molar-refractivity contribution in [2.45, 2.75) is 18.9 Å². The van der Waals surface area contributed by atoms with Crippen molar-refractivity contribution in [1.82, 2.24) is 10.2 Å². The summed E-state index contributed by atoms with van der Waals surface area (Å²) in [5.74, 6) is 0.129. The van der Waals surface area contributed by atoms with Crippen LogP contribution in [0.2, 0.25) is 0 Å². The largest absolute Gasteiger partial charge is 0.395 e. The molecule has 1 amide bonds. The molecular formula is C10H22N2O3. The second kappa shape index (κ2) is 8.64. The van der Waals surface area contributed by atoms with Crippen LogP contribution in [-0.2, 0) is 9.53 Å². The molecule has 0 aromatic carbocycles. The lowest BCUT2D eigenvalue weighted by Gasteiger charge is -2.15. The summed E-state index contributed by atoms with van der Waals surface area (Å²) in [5, 5.41) is 12.1. The summed E-state index contributed by atoms with van der Waals surface area (Å²) in [6, 6.07) is -0.0375. The predicted octanol–water partition coefficient (Wildman–Crippen LogP) is -0.548. The summed E-state index contributed by atoms with van der Waals surface area (Å²) in [5.41, 5.74) is 0. The topological polar surface area (TPSA) is 61.8 Å². The van der Waals surface area contributed by atoms with E-state index in [1.807, 2.05) is 0 Å². The van der Waals surface area contributed by atoms with E-state index in [0.717, 1.165) is 6.42 Å².